The monoisotopic (exact) mass is 237 g/mol. The molecule has 0 radical (unpaired) electrons. The molecule has 1 aliphatic rings. The molecular weight excluding hydrogens is 214 g/mol. The van der Waals surface area contributed by atoms with Crippen molar-refractivity contribution in [3.05, 3.63) is 11.7 Å². The maximum absolute atomic E-state index is 5.30. The molecule has 1 aliphatic heterocycles. The number of hydrogen-bond donors (Lipinski definition) is 0. The minimum Gasteiger partial charge on any atom is -0.338 e. The minimum atomic E-state index is 0.579. The topological polar surface area (TPSA) is 42.2 Å². The third-order valence-corrected chi connectivity index (χ3v) is 3.20. The predicted octanol–water partition coefficient (Wildman–Crippen LogP) is 2.50. The molecule has 1 aromatic heterocycles. The second kappa shape index (κ2) is 5.63. The second-order valence-electron chi connectivity index (χ2n) is 5.68. The molecule has 4 heteroatoms. The highest BCUT2D eigenvalue weighted by molar-refractivity contribution is 4.88. The Morgan fingerprint density at radius 3 is 3.00 bits per heavy atom. The molecule has 17 heavy (non-hydrogen) atoms. The van der Waals surface area contributed by atoms with Crippen molar-refractivity contribution in [1.82, 2.24) is 15.0 Å². The molecule has 0 aliphatic carbocycles. The van der Waals surface area contributed by atoms with Gasteiger partial charge in [0, 0.05) is 13.0 Å². The highest BCUT2D eigenvalue weighted by atomic mass is 16.5. The molecule has 1 fully saturated rings. The molecule has 1 aromatic rings. The second-order valence-corrected chi connectivity index (χ2v) is 5.68. The Morgan fingerprint density at radius 2 is 2.29 bits per heavy atom. The molecule has 2 rings (SSSR count). The van der Waals surface area contributed by atoms with Crippen LogP contribution in [0.5, 0.6) is 0 Å². The first-order valence-corrected chi connectivity index (χ1v) is 6.67. The third kappa shape index (κ3) is 3.80. The Morgan fingerprint density at radius 1 is 1.47 bits per heavy atom. The van der Waals surface area contributed by atoms with Crippen LogP contribution in [0.25, 0.3) is 0 Å². The Bertz CT molecular complexity index is 348. The molecule has 4 nitrogen and oxygen atoms in total. The van der Waals surface area contributed by atoms with Crippen LogP contribution >= 0.6 is 0 Å². The number of nitrogens with zero attached hydrogens (tertiary/aromatic N) is 3. The lowest BCUT2D eigenvalue weighted by Gasteiger charge is -2.29. The molecule has 2 heterocycles. The average Bonchev–Trinajstić information content (AvgIpc) is 2.64. The zero-order valence-electron chi connectivity index (χ0n) is 11.1. The van der Waals surface area contributed by atoms with Gasteiger partial charge in [-0.1, -0.05) is 25.9 Å². The van der Waals surface area contributed by atoms with Crippen molar-refractivity contribution in [1.29, 1.82) is 0 Å². The van der Waals surface area contributed by atoms with Crippen molar-refractivity contribution in [2.24, 2.45) is 11.8 Å². The number of piperidine rings is 1. The minimum absolute atomic E-state index is 0.579. The molecule has 0 saturated carbocycles. The Hall–Kier alpha value is -0.900. The Balaban J connectivity index is 1.87. The van der Waals surface area contributed by atoms with Gasteiger partial charge in [0.25, 0.3) is 0 Å². The molecular formula is C13H23N3O. The van der Waals surface area contributed by atoms with E-state index < -0.39 is 0 Å². The number of rotatable bonds is 4. The summed E-state index contributed by atoms with van der Waals surface area (Å²) in [6.45, 7) is 9.78. The lowest BCUT2D eigenvalue weighted by molar-refractivity contribution is 0.157. The van der Waals surface area contributed by atoms with Crippen LogP contribution in [0.3, 0.4) is 0 Å². The van der Waals surface area contributed by atoms with E-state index in [9.17, 15) is 0 Å². The molecule has 96 valence electrons. The van der Waals surface area contributed by atoms with E-state index in [1.807, 2.05) is 0 Å². The van der Waals surface area contributed by atoms with E-state index in [0.29, 0.717) is 5.92 Å². The smallest absolute Gasteiger partial charge is 0.240 e. The Labute approximate surface area is 103 Å². The first-order valence-electron chi connectivity index (χ1n) is 6.67. The summed E-state index contributed by atoms with van der Waals surface area (Å²) in [6, 6.07) is 0. The fourth-order valence-corrected chi connectivity index (χ4v) is 2.42. The molecule has 0 bridgehead atoms. The number of aromatic nitrogens is 2. The first-order chi connectivity index (χ1) is 8.13. The van der Waals surface area contributed by atoms with Gasteiger partial charge in [0.1, 0.15) is 0 Å². The lowest BCUT2D eigenvalue weighted by Crippen LogP contribution is -2.33. The van der Waals surface area contributed by atoms with Gasteiger partial charge in [-0.15, -0.1) is 0 Å². The molecule has 1 atom stereocenters. The van der Waals surface area contributed by atoms with E-state index >= 15 is 0 Å². The molecule has 0 N–H and O–H groups in total. The van der Waals surface area contributed by atoms with Gasteiger partial charge in [0.05, 0.1) is 6.54 Å². The van der Waals surface area contributed by atoms with Crippen molar-refractivity contribution < 1.29 is 4.52 Å². The van der Waals surface area contributed by atoms with Gasteiger partial charge in [0.15, 0.2) is 5.82 Å². The van der Waals surface area contributed by atoms with Crippen LogP contribution in [0.1, 0.15) is 45.3 Å². The van der Waals surface area contributed by atoms with Crippen LogP contribution < -0.4 is 0 Å². The van der Waals surface area contributed by atoms with Gasteiger partial charge in [0.2, 0.25) is 5.89 Å². The van der Waals surface area contributed by atoms with E-state index in [2.05, 4.69) is 35.8 Å². The maximum Gasteiger partial charge on any atom is 0.240 e. The summed E-state index contributed by atoms with van der Waals surface area (Å²) in [5.41, 5.74) is 0. The Kier molecular flexibility index (Phi) is 4.15. The van der Waals surface area contributed by atoms with E-state index in [4.69, 9.17) is 4.52 Å². The van der Waals surface area contributed by atoms with Gasteiger partial charge in [-0.2, -0.15) is 4.98 Å². The van der Waals surface area contributed by atoms with Crippen LogP contribution in [0.4, 0.5) is 0 Å². The van der Waals surface area contributed by atoms with Crippen LogP contribution in [0.15, 0.2) is 4.52 Å². The molecule has 0 aromatic carbocycles. The van der Waals surface area contributed by atoms with Crippen molar-refractivity contribution in [3.8, 4) is 0 Å². The molecule has 0 amide bonds. The summed E-state index contributed by atoms with van der Waals surface area (Å²) in [5.74, 6) is 2.99. The molecule has 1 unspecified atom stereocenters. The third-order valence-electron chi connectivity index (χ3n) is 3.20. The van der Waals surface area contributed by atoms with Crippen molar-refractivity contribution in [2.45, 2.75) is 46.6 Å². The maximum atomic E-state index is 5.30. The predicted molar refractivity (Wildman–Crippen MR) is 66.5 cm³/mol. The first kappa shape index (κ1) is 12.6. The normalized spacial score (nSPS) is 22.2. The standard InChI is InChI=1S/C13H23N3O/c1-10(2)7-12-14-13(17-15-12)9-16-6-4-5-11(3)8-16/h10-11H,4-9H2,1-3H3. The molecule has 0 spiro atoms. The summed E-state index contributed by atoms with van der Waals surface area (Å²) in [5, 5.41) is 4.03. The van der Waals surface area contributed by atoms with E-state index in [0.717, 1.165) is 43.7 Å². The van der Waals surface area contributed by atoms with Crippen LogP contribution in [0, 0.1) is 11.8 Å². The summed E-state index contributed by atoms with van der Waals surface area (Å²) >= 11 is 0. The van der Waals surface area contributed by atoms with Gasteiger partial charge in [-0.3, -0.25) is 4.90 Å². The van der Waals surface area contributed by atoms with Gasteiger partial charge < -0.3 is 4.52 Å². The van der Waals surface area contributed by atoms with Gasteiger partial charge >= 0.3 is 0 Å². The van der Waals surface area contributed by atoms with Crippen LogP contribution in [0.2, 0.25) is 0 Å². The molecule has 1 saturated heterocycles. The number of likely N-dealkylation sites (tertiary alicyclic amines) is 1. The lowest BCUT2D eigenvalue weighted by atomic mass is 10.0. The van der Waals surface area contributed by atoms with Crippen LogP contribution in [-0.4, -0.2) is 28.1 Å². The highest BCUT2D eigenvalue weighted by Crippen LogP contribution is 2.17. The fourth-order valence-electron chi connectivity index (χ4n) is 2.42. The summed E-state index contributed by atoms with van der Waals surface area (Å²) in [7, 11) is 0. The quantitative estimate of drug-likeness (QED) is 0.807. The number of hydrogen-bond acceptors (Lipinski definition) is 4. The SMILES string of the molecule is CC(C)Cc1noc(CN2CCCC(C)C2)n1. The summed E-state index contributed by atoms with van der Waals surface area (Å²) in [4.78, 5) is 6.87. The van der Waals surface area contributed by atoms with Gasteiger partial charge in [-0.05, 0) is 31.2 Å². The van der Waals surface area contributed by atoms with E-state index in [1.165, 1.54) is 12.8 Å². The summed E-state index contributed by atoms with van der Waals surface area (Å²) in [6.07, 6.45) is 3.53. The highest BCUT2D eigenvalue weighted by Gasteiger charge is 2.18. The zero-order chi connectivity index (χ0) is 12.3. The largest absolute Gasteiger partial charge is 0.338 e. The summed E-state index contributed by atoms with van der Waals surface area (Å²) < 4.78 is 5.30. The van der Waals surface area contributed by atoms with Crippen LogP contribution in [-0.2, 0) is 13.0 Å². The zero-order valence-corrected chi connectivity index (χ0v) is 11.1. The van der Waals surface area contributed by atoms with Crippen molar-refractivity contribution in [2.75, 3.05) is 13.1 Å². The van der Waals surface area contributed by atoms with E-state index in [-0.39, 0.29) is 0 Å². The van der Waals surface area contributed by atoms with Gasteiger partial charge in [-0.25, -0.2) is 0 Å². The van der Waals surface area contributed by atoms with Crippen molar-refractivity contribution in [3.63, 3.8) is 0 Å². The van der Waals surface area contributed by atoms with E-state index in [1.54, 1.807) is 0 Å². The van der Waals surface area contributed by atoms with Crippen molar-refractivity contribution >= 4 is 0 Å². The fraction of sp³-hybridized carbons (Fsp3) is 0.846. The average molecular weight is 237 g/mol.